The predicted octanol–water partition coefficient (Wildman–Crippen LogP) is 3.70. The molecule has 0 radical (unpaired) electrons. The highest BCUT2D eigenvalue weighted by atomic mass is 16.5. The highest BCUT2D eigenvalue weighted by molar-refractivity contribution is 5.52. The number of rotatable bonds is 6. The second-order valence-corrected chi connectivity index (χ2v) is 6.30. The van der Waals surface area contributed by atoms with Crippen molar-refractivity contribution in [2.75, 3.05) is 12.4 Å². The molecule has 4 heteroatoms. The van der Waals surface area contributed by atoms with Crippen molar-refractivity contribution in [3.8, 4) is 0 Å². The Morgan fingerprint density at radius 3 is 2.26 bits per heavy atom. The third kappa shape index (κ3) is 3.96. The number of aryl methyl sites for hydroxylation is 1. The molecule has 0 amide bonds. The minimum atomic E-state index is -0.109. The molecule has 0 fully saturated rings. The lowest BCUT2D eigenvalue weighted by Crippen LogP contribution is -2.31. The fourth-order valence-corrected chi connectivity index (χ4v) is 2.49. The van der Waals surface area contributed by atoms with Gasteiger partial charge in [-0.05, 0) is 54.9 Å². The van der Waals surface area contributed by atoms with E-state index >= 15 is 0 Å². The second kappa shape index (κ2) is 5.95. The summed E-state index contributed by atoms with van der Waals surface area (Å²) in [6, 6.07) is 0.733. The Labute approximate surface area is 117 Å². The van der Waals surface area contributed by atoms with Crippen LogP contribution in [0, 0.1) is 13.8 Å². The Morgan fingerprint density at radius 2 is 1.84 bits per heavy atom. The molecule has 1 aromatic heterocycles. The van der Waals surface area contributed by atoms with Crippen molar-refractivity contribution in [1.29, 1.82) is 0 Å². The zero-order valence-corrected chi connectivity index (χ0v) is 13.7. The first-order valence-corrected chi connectivity index (χ1v) is 7.05. The molecule has 1 heterocycles. The maximum absolute atomic E-state index is 5.49. The SMILES string of the molecule is COC(C)(C)CC(C)Nc1c(C)nn(C(C)C)c1C. The molecule has 0 bridgehead atoms. The summed E-state index contributed by atoms with van der Waals surface area (Å²) in [6.07, 6.45) is 0.954. The summed E-state index contributed by atoms with van der Waals surface area (Å²) in [6.45, 7) is 14.9. The van der Waals surface area contributed by atoms with Crippen LogP contribution in [0.15, 0.2) is 0 Å². The summed E-state index contributed by atoms with van der Waals surface area (Å²) in [5.41, 5.74) is 3.32. The van der Waals surface area contributed by atoms with Crippen LogP contribution < -0.4 is 5.32 Å². The van der Waals surface area contributed by atoms with E-state index in [-0.39, 0.29) is 5.60 Å². The predicted molar refractivity (Wildman–Crippen MR) is 80.9 cm³/mol. The largest absolute Gasteiger partial charge is 0.380 e. The van der Waals surface area contributed by atoms with Gasteiger partial charge in [0.1, 0.15) is 0 Å². The van der Waals surface area contributed by atoms with Crippen molar-refractivity contribution in [2.45, 2.75) is 72.6 Å². The van der Waals surface area contributed by atoms with Crippen LogP contribution in [0.25, 0.3) is 0 Å². The maximum atomic E-state index is 5.49. The smallest absolute Gasteiger partial charge is 0.0828 e. The van der Waals surface area contributed by atoms with E-state index in [1.807, 2.05) is 0 Å². The molecule has 0 aromatic carbocycles. The Hall–Kier alpha value is -1.03. The van der Waals surface area contributed by atoms with Gasteiger partial charge in [0, 0.05) is 19.2 Å². The van der Waals surface area contributed by atoms with Crippen LogP contribution in [-0.4, -0.2) is 28.5 Å². The fraction of sp³-hybridized carbons (Fsp3) is 0.800. The molecule has 4 nitrogen and oxygen atoms in total. The fourth-order valence-electron chi connectivity index (χ4n) is 2.49. The Morgan fingerprint density at radius 1 is 1.26 bits per heavy atom. The Kier molecular flexibility index (Phi) is 5.02. The molecule has 0 saturated heterocycles. The lowest BCUT2D eigenvalue weighted by Gasteiger charge is -2.27. The standard InChI is InChI=1S/C15H29N3O/c1-10(2)18-13(5)14(12(4)17-18)16-11(3)9-15(6,7)19-8/h10-11,16H,9H2,1-8H3. The molecule has 0 aliphatic rings. The first-order valence-electron chi connectivity index (χ1n) is 7.05. The number of ether oxygens (including phenoxy) is 1. The minimum absolute atomic E-state index is 0.109. The zero-order valence-electron chi connectivity index (χ0n) is 13.7. The summed E-state index contributed by atoms with van der Waals surface area (Å²) < 4.78 is 7.56. The normalized spacial score (nSPS) is 13.9. The monoisotopic (exact) mass is 267 g/mol. The second-order valence-electron chi connectivity index (χ2n) is 6.30. The van der Waals surface area contributed by atoms with Gasteiger partial charge in [0.15, 0.2) is 0 Å². The highest BCUT2D eigenvalue weighted by Gasteiger charge is 2.22. The van der Waals surface area contributed by atoms with Crippen molar-refractivity contribution >= 4 is 5.69 Å². The molecule has 0 aliphatic carbocycles. The first kappa shape index (κ1) is 16.0. The van der Waals surface area contributed by atoms with Crippen LogP contribution in [0.1, 0.15) is 58.5 Å². The van der Waals surface area contributed by atoms with Crippen molar-refractivity contribution in [2.24, 2.45) is 0 Å². The van der Waals surface area contributed by atoms with Crippen molar-refractivity contribution < 1.29 is 4.74 Å². The number of aromatic nitrogens is 2. The van der Waals surface area contributed by atoms with Gasteiger partial charge in [-0.25, -0.2) is 0 Å². The van der Waals surface area contributed by atoms with Gasteiger partial charge in [0.05, 0.1) is 22.7 Å². The van der Waals surface area contributed by atoms with Crippen LogP contribution in [0.5, 0.6) is 0 Å². The number of hydrogen-bond acceptors (Lipinski definition) is 3. The summed E-state index contributed by atoms with van der Waals surface area (Å²) in [7, 11) is 1.76. The van der Waals surface area contributed by atoms with E-state index in [1.54, 1.807) is 7.11 Å². The quantitative estimate of drug-likeness (QED) is 0.854. The van der Waals surface area contributed by atoms with E-state index in [2.05, 4.69) is 63.6 Å². The summed E-state index contributed by atoms with van der Waals surface area (Å²) in [5, 5.41) is 8.18. The van der Waals surface area contributed by atoms with Gasteiger partial charge in [0.25, 0.3) is 0 Å². The number of nitrogens with one attached hydrogen (secondary N) is 1. The Balaban J connectivity index is 2.83. The molecule has 0 spiro atoms. The molecule has 19 heavy (non-hydrogen) atoms. The topological polar surface area (TPSA) is 39.1 Å². The molecule has 110 valence electrons. The molecule has 1 aromatic rings. The molecule has 0 aliphatic heterocycles. The van der Waals surface area contributed by atoms with Crippen LogP contribution in [0.3, 0.4) is 0 Å². The van der Waals surface area contributed by atoms with Crippen LogP contribution in [-0.2, 0) is 4.74 Å². The number of hydrogen-bond donors (Lipinski definition) is 1. The van der Waals surface area contributed by atoms with E-state index in [0.29, 0.717) is 12.1 Å². The molecular formula is C15H29N3O. The van der Waals surface area contributed by atoms with Crippen LogP contribution in [0.4, 0.5) is 5.69 Å². The summed E-state index contributed by atoms with van der Waals surface area (Å²) in [4.78, 5) is 0. The van der Waals surface area contributed by atoms with Crippen molar-refractivity contribution in [3.63, 3.8) is 0 Å². The van der Waals surface area contributed by atoms with Gasteiger partial charge in [-0.15, -0.1) is 0 Å². The van der Waals surface area contributed by atoms with Crippen molar-refractivity contribution in [3.05, 3.63) is 11.4 Å². The van der Waals surface area contributed by atoms with Crippen LogP contribution in [0.2, 0.25) is 0 Å². The highest BCUT2D eigenvalue weighted by Crippen LogP contribution is 2.25. The number of methoxy groups -OCH3 is 1. The molecule has 1 atom stereocenters. The lowest BCUT2D eigenvalue weighted by molar-refractivity contribution is 0.0128. The molecular weight excluding hydrogens is 238 g/mol. The molecule has 1 unspecified atom stereocenters. The van der Waals surface area contributed by atoms with E-state index in [4.69, 9.17) is 4.74 Å². The van der Waals surface area contributed by atoms with E-state index in [0.717, 1.165) is 17.8 Å². The molecule has 1 rings (SSSR count). The van der Waals surface area contributed by atoms with E-state index in [9.17, 15) is 0 Å². The van der Waals surface area contributed by atoms with Gasteiger partial charge in [-0.3, -0.25) is 4.68 Å². The van der Waals surface area contributed by atoms with Gasteiger partial charge in [-0.2, -0.15) is 5.10 Å². The van der Waals surface area contributed by atoms with E-state index < -0.39 is 0 Å². The van der Waals surface area contributed by atoms with Gasteiger partial charge in [0.2, 0.25) is 0 Å². The first-order chi connectivity index (χ1) is 8.68. The molecule has 0 saturated carbocycles. The number of anilines is 1. The average molecular weight is 267 g/mol. The summed E-state index contributed by atoms with van der Waals surface area (Å²) in [5.74, 6) is 0. The average Bonchev–Trinajstić information content (AvgIpc) is 2.56. The summed E-state index contributed by atoms with van der Waals surface area (Å²) >= 11 is 0. The third-order valence-electron chi connectivity index (χ3n) is 3.56. The maximum Gasteiger partial charge on any atom is 0.0828 e. The van der Waals surface area contributed by atoms with Crippen LogP contribution >= 0.6 is 0 Å². The van der Waals surface area contributed by atoms with Gasteiger partial charge >= 0.3 is 0 Å². The number of nitrogens with zero attached hydrogens (tertiary/aromatic N) is 2. The van der Waals surface area contributed by atoms with Gasteiger partial charge < -0.3 is 10.1 Å². The zero-order chi connectivity index (χ0) is 14.8. The van der Waals surface area contributed by atoms with Gasteiger partial charge in [-0.1, -0.05) is 0 Å². The minimum Gasteiger partial charge on any atom is -0.380 e. The lowest BCUT2D eigenvalue weighted by atomic mass is 9.99. The van der Waals surface area contributed by atoms with Crippen molar-refractivity contribution in [1.82, 2.24) is 9.78 Å². The molecule has 1 N–H and O–H groups in total. The van der Waals surface area contributed by atoms with E-state index in [1.165, 1.54) is 5.69 Å². The Bertz CT molecular complexity index is 421. The third-order valence-corrected chi connectivity index (χ3v) is 3.56.